The molecule has 1 radical (unpaired) electrons. The van der Waals surface area contributed by atoms with Crippen LogP contribution in [0.15, 0.2) is 60.7 Å². The first-order valence-electron chi connectivity index (χ1n) is 7.32. The molecule has 2 aromatic rings. The summed E-state index contributed by atoms with van der Waals surface area (Å²) in [6, 6.07) is 25.0. The molecule has 2 aromatic carbocycles. The fraction of sp³-hybridized carbons (Fsp3) is 0.400. The Morgan fingerprint density at radius 1 is 0.545 bits per heavy atom. The van der Waals surface area contributed by atoms with Crippen molar-refractivity contribution in [3.05, 3.63) is 72.8 Å². The van der Waals surface area contributed by atoms with Crippen LogP contribution in [0.25, 0.3) is 0 Å². The average Bonchev–Trinajstić information content (AvgIpc) is 2.40. The fourth-order valence-corrected chi connectivity index (χ4v) is 4.06. The smallest absolute Gasteiger partial charge is 0 e. The van der Waals surface area contributed by atoms with Gasteiger partial charge in [-0.1, -0.05) is 41.5 Å². The largest absolute Gasteiger partial charge is 0.184 e. The maximum atomic E-state index is 2.89. The van der Waals surface area contributed by atoms with Crippen LogP contribution in [-0.2, 0) is 22.4 Å². The van der Waals surface area contributed by atoms with Gasteiger partial charge in [-0.05, 0) is 10.3 Å². The molecule has 0 aromatic heterocycles. The number of hydrogen-bond donors (Lipinski definition) is 0. The second-order valence-corrected chi connectivity index (χ2v) is 10.0. The molecule has 0 spiro atoms. The zero-order chi connectivity index (χ0) is 16.2. The van der Waals surface area contributed by atoms with E-state index < -0.39 is 0 Å². The van der Waals surface area contributed by atoms with E-state index in [1.807, 2.05) is 60.7 Å². The third kappa shape index (κ3) is 21.9. The van der Waals surface area contributed by atoms with E-state index in [1.165, 1.54) is 0 Å². The standard InChI is InChI=1S/C8H19P.2C6H5.Au/c1-7(2,3)9-8(4,5)6;2*1-2-4-6-5-3-1;/h9H,1-6H3;2*1-5H;/q;2*-1;. The van der Waals surface area contributed by atoms with Gasteiger partial charge in [-0.2, -0.15) is 72.8 Å². The Kier molecular flexibility index (Phi) is 14.2. The molecule has 2 rings (SSSR count). The maximum Gasteiger partial charge on any atom is 0 e. The fourth-order valence-electron chi connectivity index (χ4n) is 1.81. The quantitative estimate of drug-likeness (QED) is 0.230. The molecule has 0 fully saturated rings. The van der Waals surface area contributed by atoms with Gasteiger partial charge in [-0.25, -0.2) is 0 Å². The van der Waals surface area contributed by atoms with E-state index in [0.29, 0.717) is 10.3 Å². The van der Waals surface area contributed by atoms with Gasteiger partial charge in [0.25, 0.3) is 0 Å². The number of hydrogen-bond acceptors (Lipinski definition) is 0. The zero-order valence-electron chi connectivity index (χ0n) is 14.6. The Balaban J connectivity index is 0. The Hall–Kier alpha value is -0.390. The van der Waals surface area contributed by atoms with Crippen molar-refractivity contribution in [2.24, 2.45) is 0 Å². The molecule has 0 nitrogen and oxygen atoms in total. The van der Waals surface area contributed by atoms with Crippen molar-refractivity contribution in [1.29, 1.82) is 0 Å². The van der Waals surface area contributed by atoms with E-state index in [2.05, 4.69) is 53.7 Å². The summed E-state index contributed by atoms with van der Waals surface area (Å²) in [6.07, 6.45) is 0. The summed E-state index contributed by atoms with van der Waals surface area (Å²) >= 11 is 0. The summed E-state index contributed by atoms with van der Waals surface area (Å²) in [5.41, 5.74) is 0. The minimum Gasteiger partial charge on any atom is -0.184 e. The van der Waals surface area contributed by atoms with E-state index in [1.54, 1.807) is 0 Å². The molecule has 0 aliphatic carbocycles. The number of rotatable bonds is 0. The van der Waals surface area contributed by atoms with Gasteiger partial charge in [0.15, 0.2) is 0 Å². The second kappa shape index (κ2) is 13.1. The molecule has 0 atom stereocenters. The summed E-state index contributed by atoms with van der Waals surface area (Å²) in [5.74, 6) is 0. The van der Waals surface area contributed by atoms with Gasteiger partial charge in [0.2, 0.25) is 0 Å². The molecule has 0 N–H and O–H groups in total. The van der Waals surface area contributed by atoms with Gasteiger partial charge < -0.3 is 0 Å². The minimum absolute atomic E-state index is 0. The summed E-state index contributed by atoms with van der Waals surface area (Å²) < 4.78 is 0. The van der Waals surface area contributed by atoms with Crippen LogP contribution in [0, 0.1) is 12.1 Å². The van der Waals surface area contributed by atoms with Crippen molar-refractivity contribution in [2.75, 3.05) is 0 Å². The normalized spacial score (nSPS) is 10.1. The SMILES string of the molecule is CC(C)(C)PC(C)(C)C.[Au].[c-]1ccccc1.[c-]1ccccc1. The van der Waals surface area contributed by atoms with Crippen LogP contribution in [0.3, 0.4) is 0 Å². The molecular formula is C20H29AuP-2. The molecule has 0 bridgehead atoms. The first-order valence-corrected chi connectivity index (χ1v) is 8.32. The van der Waals surface area contributed by atoms with Gasteiger partial charge >= 0.3 is 0 Å². The first-order chi connectivity index (χ1) is 9.71. The van der Waals surface area contributed by atoms with Gasteiger partial charge in [-0.15, -0.1) is 8.58 Å². The summed E-state index contributed by atoms with van der Waals surface area (Å²) in [7, 11) is 1.05. The molecule has 2 heteroatoms. The van der Waals surface area contributed by atoms with Crippen LogP contribution >= 0.6 is 8.58 Å². The van der Waals surface area contributed by atoms with Crippen molar-refractivity contribution >= 4 is 8.58 Å². The van der Waals surface area contributed by atoms with Gasteiger partial charge in [0.1, 0.15) is 0 Å². The molecule has 0 saturated heterocycles. The third-order valence-electron chi connectivity index (χ3n) is 1.96. The third-order valence-corrected chi connectivity index (χ3v) is 3.46. The topological polar surface area (TPSA) is 0 Å². The van der Waals surface area contributed by atoms with E-state index >= 15 is 0 Å². The van der Waals surface area contributed by atoms with Crippen molar-refractivity contribution in [3.63, 3.8) is 0 Å². The van der Waals surface area contributed by atoms with E-state index in [4.69, 9.17) is 0 Å². The molecule has 0 saturated carbocycles. The van der Waals surface area contributed by atoms with Crippen molar-refractivity contribution in [2.45, 2.75) is 51.9 Å². The molecule has 0 heterocycles. The Morgan fingerprint density at radius 3 is 0.864 bits per heavy atom. The van der Waals surface area contributed by atoms with Crippen molar-refractivity contribution < 1.29 is 22.4 Å². The summed E-state index contributed by atoms with van der Waals surface area (Å²) in [4.78, 5) is 0. The molecular weight excluding hydrogens is 468 g/mol. The summed E-state index contributed by atoms with van der Waals surface area (Å²) in [6.45, 7) is 13.8. The van der Waals surface area contributed by atoms with E-state index in [0.717, 1.165) is 8.58 Å². The first kappa shape index (κ1) is 23.9. The van der Waals surface area contributed by atoms with Crippen LogP contribution < -0.4 is 0 Å². The molecule has 0 unspecified atom stereocenters. The van der Waals surface area contributed by atoms with Crippen LogP contribution in [0.2, 0.25) is 0 Å². The maximum absolute atomic E-state index is 2.89. The Morgan fingerprint density at radius 2 is 0.818 bits per heavy atom. The predicted molar refractivity (Wildman–Crippen MR) is 98.4 cm³/mol. The molecule has 127 valence electrons. The van der Waals surface area contributed by atoms with Gasteiger partial charge in [-0.3, -0.25) is 0 Å². The summed E-state index contributed by atoms with van der Waals surface area (Å²) in [5, 5.41) is 1.02. The monoisotopic (exact) mass is 497 g/mol. The van der Waals surface area contributed by atoms with Crippen LogP contribution in [0.1, 0.15) is 41.5 Å². The molecule has 0 aliphatic rings. The minimum atomic E-state index is 0. The van der Waals surface area contributed by atoms with Crippen LogP contribution in [-0.4, -0.2) is 10.3 Å². The average molecular weight is 497 g/mol. The van der Waals surface area contributed by atoms with Gasteiger partial charge in [0.05, 0.1) is 0 Å². The van der Waals surface area contributed by atoms with Crippen molar-refractivity contribution in [1.82, 2.24) is 0 Å². The zero-order valence-corrected chi connectivity index (χ0v) is 17.7. The van der Waals surface area contributed by atoms with Crippen molar-refractivity contribution in [3.8, 4) is 0 Å². The van der Waals surface area contributed by atoms with E-state index in [9.17, 15) is 0 Å². The molecule has 0 aliphatic heterocycles. The Labute approximate surface area is 155 Å². The Bertz CT molecular complexity index is 330. The van der Waals surface area contributed by atoms with Gasteiger partial charge in [0, 0.05) is 22.4 Å². The van der Waals surface area contributed by atoms with Crippen LogP contribution in [0.5, 0.6) is 0 Å². The molecule has 0 amide bonds. The van der Waals surface area contributed by atoms with Crippen LogP contribution in [0.4, 0.5) is 0 Å². The number of benzene rings is 2. The molecule has 22 heavy (non-hydrogen) atoms. The van der Waals surface area contributed by atoms with E-state index in [-0.39, 0.29) is 22.4 Å². The second-order valence-electron chi connectivity index (χ2n) is 6.78. The predicted octanol–water partition coefficient (Wildman–Crippen LogP) is 6.23.